The minimum absolute atomic E-state index is 0.0214. The molecule has 0 spiro atoms. The molecule has 3 aromatic heterocycles. The van der Waals surface area contributed by atoms with Crippen molar-refractivity contribution in [3.05, 3.63) is 85.4 Å². The van der Waals surface area contributed by atoms with Crippen LogP contribution in [0.2, 0.25) is 0 Å². The molecule has 8 heteroatoms. The van der Waals surface area contributed by atoms with Crippen molar-refractivity contribution in [3.8, 4) is 11.3 Å². The number of aryl methyl sites for hydroxylation is 2. The molecule has 1 aromatic carbocycles. The number of carbonyl (C=O) groups excluding carboxylic acids is 1. The number of hydrogen-bond donors (Lipinski definition) is 3. The minimum Gasteiger partial charge on any atom is -0.354 e. The van der Waals surface area contributed by atoms with Gasteiger partial charge in [-0.2, -0.15) is 0 Å². The van der Waals surface area contributed by atoms with Crippen LogP contribution in [0.25, 0.3) is 22.2 Å². The number of aromatic nitrogens is 4. The largest absolute Gasteiger partial charge is 0.354 e. The molecule has 0 bridgehead atoms. The molecule has 1 saturated heterocycles. The first kappa shape index (κ1) is 24.7. The van der Waals surface area contributed by atoms with Crippen molar-refractivity contribution in [1.82, 2.24) is 24.8 Å². The molecule has 1 fully saturated rings. The van der Waals surface area contributed by atoms with Crippen molar-refractivity contribution in [2.75, 3.05) is 13.1 Å². The van der Waals surface area contributed by atoms with Gasteiger partial charge in [-0.25, -0.2) is 4.79 Å². The van der Waals surface area contributed by atoms with Gasteiger partial charge in [0.1, 0.15) is 0 Å². The lowest BCUT2D eigenvalue weighted by Gasteiger charge is -2.32. The number of H-pyrrole nitrogens is 3. The van der Waals surface area contributed by atoms with E-state index in [2.05, 4.69) is 64.1 Å². The van der Waals surface area contributed by atoms with Gasteiger partial charge in [0, 0.05) is 52.7 Å². The van der Waals surface area contributed by atoms with Crippen molar-refractivity contribution in [1.29, 1.82) is 0 Å². The molecular weight excluding hydrogens is 466 g/mol. The van der Waals surface area contributed by atoms with E-state index in [1.54, 1.807) is 0 Å². The number of aromatic amines is 3. The van der Waals surface area contributed by atoms with Crippen molar-refractivity contribution >= 4 is 16.8 Å². The molecule has 0 unspecified atom stereocenters. The van der Waals surface area contributed by atoms with E-state index in [1.807, 2.05) is 18.7 Å². The Morgan fingerprint density at radius 3 is 2.35 bits per heavy atom. The maximum Gasteiger partial charge on any atom is 0.325 e. The molecule has 192 valence electrons. The Bertz CT molecular complexity index is 1540. The van der Waals surface area contributed by atoms with Gasteiger partial charge in [0.2, 0.25) is 5.91 Å². The standard InChI is InChI=1S/C29H33N5O3/c1-16(2)27-23-13-20(5-6-24(23)32-28(27)21-11-17(3)30-18(4)12-21)19-7-9-34(10-8-19)26(36)15-22-14-25(35)33-29(37)31-22/h5-6,11-14,16,19,32H,7-10,15H2,1-4H3,(H2,31,33,35,37). The lowest BCUT2D eigenvalue weighted by molar-refractivity contribution is -0.131. The van der Waals surface area contributed by atoms with Crippen LogP contribution in [-0.4, -0.2) is 43.8 Å². The van der Waals surface area contributed by atoms with Crippen LogP contribution in [0.4, 0.5) is 0 Å². The van der Waals surface area contributed by atoms with E-state index in [0.29, 0.717) is 30.6 Å². The molecular formula is C29H33N5O3. The third-order valence-electron chi connectivity index (χ3n) is 7.29. The third-order valence-corrected chi connectivity index (χ3v) is 7.29. The van der Waals surface area contributed by atoms with Crippen LogP contribution in [0.3, 0.4) is 0 Å². The Kier molecular flexibility index (Phi) is 6.58. The average Bonchev–Trinajstić information content (AvgIpc) is 3.22. The fraction of sp³-hybridized carbons (Fsp3) is 0.379. The van der Waals surface area contributed by atoms with Crippen molar-refractivity contribution in [3.63, 3.8) is 0 Å². The van der Waals surface area contributed by atoms with Crippen molar-refractivity contribution in [2.45, 2.75) is 58.8 Å². The van der Waals surface area contributed by atoms with E-state index >= 15 is 0 Å². The topological polar surface area (TPSA) is 115 Å². The summed E-state index contributed by atoms with van der Waals surface area (Å²) in [5, 5.41) is 1.26. The predicted molar refractivity (Wildman–Crippen MR) is 145 cm³/mol. The van der Waals surface area contributed by atoms with Crippen LogP contribution < -0.4 is 11.2 Å². The maximum absolute atomic E-state index is 12.8. The number of benzene rings is 1. The highest BCUT2D eigenvalue weighted by molar-refractivity contribution is 5.92. The second-order valence-corrected chi connectivity index (χ2v) is 10.5. The van der Waals surface area contributed by atoms with Gasteiger partial charge in [0.25, 0.3) is 5.56 Å². The summed E-state index contributed by atoms with van der Waals surface area (Å²) in [6.45, 7) is 9.83. The molecule has 0 saturated carbocycles. The molecule has 0 aliphatic carbocycles. The van der Waals surface area contributed by atoms with Crippen LogP contribution >= 0.6 is 0 Å². The predicted octanol–water partition coefficient (Wildman–Crippen LogP) is 4.30. The van der Waals surface area contributed by atoms with E-state index in [9.17, 15) is 14.4 Å². The highest BCUT2D eigenvalue weighted by Crippen LogP contribution is 2.38. The number of likely N-dealkylation sites (tertiary alicyclic amines) is 1. The smallest absolute Gasteiger partial charge is 0.325 e. The van der Waals surface area contributed by atoms with E-state index < -0.39 is 11.2 Å². The highest BCUT2D eigenvalue weighted by Gasteiger charge is 2.25. The lowest BCUT2D eigenvalue weighted by atomic mass is 9.87. The Labute approximate surface area is 215 Å². The zero-order chi connectivity index (χ0) is 26.3. The molecule has 1 aliphatic heterocycles. The summed E-state index contributed by atoms with van der Waals surface area (Å²) >= 11 is 0. The number of amides is 1. The lowest BCUT2D eigenvalue weighted by Crippen LogP contribution is -2.39. The van der Waals surface area contributed by atoms with E-state index in [-0.39, 0.29) is 12.3 Å². The fourth-order valence-electron chi connectivity index (χ4n) is 5.64. The number of rotatable bonds is 5. The Balaban J connectivity index is 1.36. The molecule has 4 aromatic rings. The SMILES string of the molecule is Cc1cc(-c2[nH]c3ccc(C4CCN(C(=O)Cc5cc(=O)[nH]c(=O)[nH]5)CC4)cc3c2C(C)C)cc(C)n1. The minimum atomic E-state index is -0.590. The van der Waals surface area contributed by atoms with Crippen molar-refractivity contribution < 1.29 is 4.79 Å². The van der Waals surface area contributed by atoms with Crippen LogP contribution in [0, 0.1) is 13.8 Å². The number of pyridine rings is 1. The molecule has 0 radical (unpaired) electrons. The zero-order valence-corrected chi connectivity index (χ0v) is 21.8. The van der Waals surface area contributed by atoms with Crippen LogP contribution in [-0.2, 0) is 11.2 Å². The summed E-state index contributed by atoms with van der Waals surface area (Å²) < 4.78 is 0. The van der Waals surface area contributed by atoms with Gasteiger partial charge < -0.3 is 14.9 Å². The molecule has 4 heterocycles. The quantitative estimate of drug-likeness (QED) is 0.380. The molecule has 37 heavy (non-hydrogen) atoms. The average molecular weight is 500 g/mol. The molecule has 1 aliphatic rings. The number of nitrogens with zero attached hydrogens (tertiary/aromatic N) is 2. The first-order valence-corrected chi connectivity index (χ1v) is 12.9. The maximum atomic E-state index is 12.8. The number of carbonyl (C=O) groups is 1. The van der Waals surface area contributed by atoms with Gasteiger partial charge >= 0.3 is 5.69 Å². The zero-order valence-electron chi connectivity index (χ0n) is 21.8. The number of hydrogen-bond acceptors (Lipinski definition) is 4. The monoisotopic (exact) mass is 499 g/mol. The summed E-state index contributed by atoms with van der Waals surface area (Å²) in [6, 6.07) is 12.3. The summed E-state index contributed by atoms with van der Waals surface area (Å²) in [6.07, 6.45) is 1.77. The summed E-state index contributed by atoms with van der Waals surface area (Å²) in [5.74, 6) is 0.649. The first-order chi connectivity index (χ1) is 17.7. The molecule has 8 nitrogen and oxygen atoms in total. The van der Waals surface area contributed by atoms with Crippen LogP contribution in [0.5, 0.6) is 0 Å². The summed E-state index contributed by atoms with van der Waals surface area (Å²) in [4.78, 5) is 50.5. The van der Waals surface area contributed by atoms with E-state index in [4.69, 9.17) is 0 Å². The van der Waals surface area contributed by atoms with Gasteiger partial charge in [-0.05, 0) is 73.9 Å². The normalized spacial score (nSPS) is 14.6. The van der Waals surface area contributed by atoms with Gasteiger partial charge in [0.15, 0.2) is 0 Å². The molecule has 5 rings (SSSR count). The first-order valence-electron chi connectivity index (χ1n) is 12.9. The van der Waals surface area contributed by atoms with Crippen LogP contribution in [0.1, 0.15) is 66.7 Å². The fourth-order valence-corrected chi connectivity index (χ4v) is 5.64. The summed E-state index contributed by atoms with van der Waals surface area (Å²) in [5.41, 5.74) is 7.36. The number of piperidine rings is 1. The molecule has 1 amide bonds. The summed E-state index contributed by atoms with van der Waals surface area (Å²) in [7, 11) is 0. The van der Waals surface area contributed by atoms with E-state index in [1.165, 1.54) is 28.1 Å². The Morgan fingerprint density at radius 1 is 1.00 bits per heavy atom. The van der Waals surface area contributed by atoms with Gasteiger partial charge in [-0.1, -0.05) is 19.9 Å². The number of fused-ring (bicyclic) bond motifs is 1. The third kappa shape index (κ3) is 5.14. The Morgan fingerprint density at radius 2 is 1.70 bits per heavy atom. The van der Waals surface area contributed by atoms with Crippen LogP contribution in [0.15, 0.2) is 46.0 Å². The van der Waals surface area contributed by atoms with Gasteiger partial charge in [-0.15, -0.1) is 0 Å². The van der Waals surface area contributed by atoms with Gasteiger partial charge in [0.05, 0.1) is 12.1 Å². The second-order valence-electron chi connectivity index (χ2n) is 10.5. The van der Waals surface area contributed by atoms with Crippen molar-refractivity contribution in [2.24, 2.45) is 0 Å². The highest BCUT2D eigenvalue weighted by atomic mass is 16.2. The number of nitrogens with one attached hydrogen (secondary N) is 3. The molecule has 0 atom stereocenters. The Hall–Kier alpha value is -3.94. The van der Waals surface area contributed by atoms with E-state index in [0.717, 1.165) is 35.4 Å². The molecule has 3 N–H and O–H groups in total. The second kappa shape index (κ2) is 9.84. The van der Waals surface area contributed by atoms with Gasteiger partial charge in [-0.3, -0.25) is 19.6 Å².